The second kappa shape index (κ2) is 9.83. The van der Waals surface area contributed by atoms with Gasteiger partial charge in [-0.15, -0.1) is 0 Å². The molecule has 0 saturated heterocycles. The quantitative estimate of drug-likeness (QED) is 0.429. The molecule has 0 aromatic rings. The zero-order chi connectivity index (χ0) is 15.6. The number of nitrogens with one attached hydrogen (secondary N) is 1. The molecule has 8 nitrogen and oxygen atoms in total. The van der Waals surface area contributed by atoms with E-state index in [-0.39, 0.29) is 6.42 Å². The summed E-state index contributed by atoms with van der Waals surface area (Å²) in [6.45, 7) is 0.374. The van der Waals surface area contributed by atoms with Crippen molar-refractivity contribution < 1.29 is 32.3 Å². The van der Waals surface area contributed by atoms with Gasteiger partial charge >= 0.3 is 20.7 Å². The lowest BCUT2D eigenvalue weighted by Crippen LogP contribution is -2.47. The molecule has 0 radical (unpaired) electrons. The van der Waals surface area contributed by atoms with Crippen molar-refractivity contribution in [3.63, 3.8) is 0 Å². The fourth-order valence-electron chi connectivity index (χ4n) is 1.59. The van der Waals surface area contributed by atoms with Gasteiger partial charge in [-0.1, -0.05) is 0 Å². The Morgan fingerprint density at radius 2 is 1.55 bits per heavy atom. The van der Waals surface area contributed by atoms with Crippen LogP contribution < -0.4 is 5.32 Å². The molecule has 118 valence electrons. The number of methoxy groups -OCH3 is 2. The topological polar surface area (TPSA) is 92.3 Å². The van der Waals surface area contributed by atoms with Crippen molar-refractivity contribution >= 4 is 20.7 Å². The van der Waals surface area contributed by atoms with E-state index in [1.165, 1.54) is 35.5 Å². The number of carbonyl (C=O) groups excluding carboxylic acids is 2. The van der Waals surface area contributed by atoms with Gasteiger partial charge in [-0.25, -0.2) is 0 Å². The summed E-state index contributed by atoms with van der Waals surface area (Å²) in [5.74, 6) is -1.03. The van der Waals surface area contributed by atoms with Crippen LogP contribution in [0.25, 0.3) is 0 Å². The Balaban J connectivity index is 4.46. The second-order valence-electron chi connectivity index (χ2n) is 3.86. The third kappa shape index (κ3) is 5.97. The van der Waals surface area contributed by atoms with Gasteiger partial charge in [0.15, 0.2) is 0 Å². The van der Waals surface area contributed by atoms with E-state index < -0.39 is 26.8 Å². The van der Waals surface area contributed by atoms with Crippen LogP contribution in [0.4, 0.5) is 0 Å². The third-order valence-corrected chi connectivity index (χ3v) is 5.57. The van der Waals surface area contributed by atoms with Crippen LogP contribution in [-0.4, -0.2) is 68.9 Å². The first-order valence-corrected chi connectivity index (χ1v) is 7.95. The van der Waals surface area contributed by atoms with Crippen molar-refractivity contribution in [1.82, 2.24) is 5.32 Å². The van der Waals surface area contributed by atoms with Crippen LogP contribution in [0.3, 0.4) is 0 Å². The summed E-state index contributed by atoms with van der Waals surface area (Å²) >= 11 is 0. The molecule has 1 unspecified atom stereocenters. The van der Waals surface area contributed by atoms with E-state index in [0.29, 0.717) is 12.6 Å². The molecule has 0 aliphatic rings. The summed E-state index contributed by atoms with van der Waals surface area (Å²) in [7, 11) is 4.32. The van der Waals surface area contributed by atoms with Gasteiger partial charge in [0.2, 0.25) is 0 Å². The highest BCUT2D eigenvalue weighted by atomic mass is 28.4. The minimum atomic E-state index is -2.71. The van der Waals surface area contributed by atoms with Gasteiger partial charge in [0, 0.05) is 33.9 Å². The van der Waals surface area contributed by atoms with Gasteiger partial charge in [0.1, 0.15) is 6.04 Å². The molecule has 0 bridgehead atoms. The fraction of sp³-hybridized carbons (Fsp3) is 0.818. The number of ether oxygens (including phenoxy) is 2. The average Bonchev–Trinajstić information content (AvgIpc) is 2.49. The van der Waals surface area contributed by atoms with Crippen LogP contribution in [-0.2, 0) is 32.3 Å². The van der Waals surface area contributed by atoms with E-state index in [9.17, 15) is 9.59 Å². The lowest BCUT2D eigenvalue weighted by molar-refractivity contribution is -0.149. The Morgan fingerprint density at radius 1 is 1.00 bits per heavy atom. The first kappa shape index (κ1) is 19.0. The number of carbonyl (C=O) groups is 2. The molecule has 1 N–H and O–H groups in total. The SMILES string of the molecule is COC(=O)CC(NCC[Si](OC)(OC)OC)C(=O)OC. The highest BCUT2D eigenvalue weighted by Crippen LogP contribution is 2.11. The van der Waals surface area contributed by atoms with Crippen molar-refractivity contribution in [1.29, 1.82) is 0 Å². The maximum atomic E-state index is 11.6. The molecule has 0 aromatic carbocycles. The predicted molar refractivity (Wildman–Crippen MR) is 72.0 cm³/mol. The molecule has 0 fully saturated rings. The summed E-state index contributed by atoms with van der Waals surface area (Å²) in [5.41, 5.74) is 0. The van der Waals surface area contributed by atoms with Crippen molar-refractivity contribution in [2.24, 2.45) is 0 Å². The van der Waals surface area contributed by atoms with Crippen LogP contribution in [0.2, 0.25) is 6.04 Å². The van der Waals surface area contributed by atoms with Crippen molar-refractivity contribution in [3.8, 4) is 0 Å². The molecule has 0 rings (SSSR count). The maximum absolute atomic E-state index is 11.6. The van der Waals surface area contributed by atoms with Crippen LogP contribution in [0.15, 0.2) is 0 Å². The van der Waals surface area contributed by atoms with Gasteiger partial charge in [-0.05, 0) is 0 Å². The van der Waals surface area contributed by atoms with E-state index in [1.54, 1.807) is 0 Å². The average molecular weight is 309 g/mol. The second-order valence-corrected chi connectivity index (χ2v) is 6.95. The van der Waals surface area contributed by atoms with Crippen LogP contribution in [0.1, 0.15) is 6.42 Å². The first-order chi connectivity index (χ1) is 9.48. The monoisotopic (exact) mass is 309 g/mol. The van der Waals surface area contributed by atoms with E-state index >= 15 is 0 Å². The summed E-state index contributed by atoms with van der Waals surface area (Å²) in [6, 6.07) is -0.324. The van der Waals surface area contributed by atoms with Crippen LogP contribution >= 0.6 is 0 Å². The Bertz CT molecular complexity index is 301. The van der Waals surface area contributed by atoms with Gasteiger partial charge < -0.3 is 28.1 Å². The van der Waals surface area contributed by atoms with Crippen LogP contribution in [0.5, 0.6) is 0 Å². The van der Waals surface area contributed by atoms with Gasteiger partial charge in [-0.3, -0.25) is 9.59 Å². The molecule has 0 saturated carbocycles. The Hall–Kier alpha value is -1.00. The van der Waals surface area contributed by atoms with Crippen molar-refractivity contribution in [2.75, 3.05) is 42.1 Å². The Kier molecular flexibility index (Phi) is 9.34. The van der Waals surface area contributed by atoms with Crippen molar-refractivity contribution in [3.05, 3.63) is 0 Å². The normalized spacial score (nSPS) is 12.8. The molecule has 9 heteroatoms. The summed E-state index contributed by atoms with van der Waals surface area (Å²) < 4.78 is 24.9. The molecule has 1 atom stereocenters. The summed E-state index contributed by atoms with van der Waals surface area (Å²) in [4.78, 5) is 22.8. The largest absolute Gasteiger partial charge is 0.501 e. The first-order valence-electron chi connectivity index (χ1n) is 6.02. The minimum absolute atomic E-state index is 0.106. The molecule has 0 heterocycles. The van der Waals surface area contributed by atoms with Crippen molar-refractivity contribution in [2.45, 2.75) is 18.5 Å². The fourth-order valence-corrected chi connectivity index (χ4v) is 3.15. The molecule has 0 aliphatic heterocycles. The van der Waals surface area contributed by atoms with Gasteiger partial charge in [0.25, 0.3) is 0 Å². The number of rotatable bonds is 10. The van der Waals surface area contributed by atoms with Gasteiger partial charge in [-0.2, -0.15) is 0 Å². The lowest BCUT2D eigenvalue weighted by atomic mass is 10.2. The zero-order valence-corrected chi connectivity index (χ0v) is 13.6. The Morgan fingerprint density at radius 3 is 1.95 bits per heavy atom. The number of hydrogen-bond acceptors (Lipinski definition) is 8. The number of hydrogen-bond donors (Lipinski definition) is 1. The molecular weight excluding hydrogens is 286 g/mol. The molecule has 20 heavy (non-hydrogen) atoms. The van der Waals surface area contributed by atoms with E-state index in [4.69, 9.17) is 13.3 Å². The van der Waals surface area contributed by atoms with E-state index in [1.807, 2.05) is 0 Å². The summed E-state index contributed by atoms with van der Waals surface area (Å²) in [6.07, 6.45) is -0.106. The minimum Gasteiger partial charge on any atom is -0.469 e. The number of esters is 2. The predicted octanol–water partition coefficient (Wildman–Crippen LogP) is -0.441. The smallest absolute Gasteiger partial charge is 0.469 e. The van der Waals surface area contributed by atoms with E-state index in [0.717, 1.165) is 0 Å². The lowest BCUT2D eigenvalue weighted by Gasteiger charge is -2.25. The molecule has 0 amide bonds. The van der Waals surface area contributed by atoms with Crippen LogP contribution in [0, 0.1) is 0 Å². The standard InChI is InChI=1S/C11H23NO7Si/c1-15-10(13)8-9(11(14)16-2)12-6-7-20(17-3,18-4)19-5/h9,12H,6-8H2,1-5H3. The molecular formula is C11H23NO7Si. The highest BCUT2D eigenvalue weighted by molar-refractivity contribution is 6.60. The van der Waals surface area contributed by atoms with Gasteiger partial charge in [0.05, 0.1) is 20.6 Å². The molecule has 0 aromatic heterocycles. The Labute approximate surface area is 120 Å². The molecule has 0 aliphatic carbocycles. The molecule has 0 spiro atoms. The highest BCUT2D eigenvalue weighted by Gasteiger charge is 2.37. The van der Waals surface area contributed by atoms with E-state index in [2.05, 4.69) is 14.8 Å². The summed E-state index contributed by atoms with van der Waals surface area (Å²) in [5, 5.41) is 2.91. The maximum Gasteiger partial charge on any atom is 0.501 e. The third-order valence-electron chi connectivity index (χ3n) is 2.84. The zero-order valence-electron chi connectivity index (χ0n) is 12.6.